The molecule has 0 saturated carbocycles. The first-order valence-corrected chi connectivity index (χ1v) is 23.2. The van der Waals surface area contributed by atoms with Crippen molar-refractivity contribution < 1.29 is 33.8 Å². The summed E-state index contributed by atoms with van der Waals surface area (Å²) in [5, 5.41) is 9.08. The lowest BCUT2D eigenvalue weighted by atomic mass is 10.0. The number of carboxylic acid groups (broad SMARTS) is 1. The van der Waals surface area contributed by atoms with Crippen molar-refractivity contribution in [3.8, 4) is 0 Å². The molecule has 8 heteroatoms. The Bertz CT molecular complexity index is 863. The number of ether oxygens (including phenoxy) is 2. The van der Waals surface area contributed by atoms with Crippen molar-refractivity contribution in [3.05, 3.63) is 0 Å². The first-order valence-electron chi connectivity index (χ1n) is 23.2. The number of carbonyl (C=O) groups excluding carboxylic acids is 3. The molecule has 0 bridgehead atoms. The van der Waals surface area contributed by atoms with Crippen molar-refractivity contribution in [2.75, 3.05) is 19.7 Å². The van der Waals surface area contributed by atoms with E-state index in [1.807, 2.05) is 0 Å². The number of unbranched alkanes of at least 4 members (excludes halogenated alkanes) is 24. The van der Waals surface area contributed by atoms with Crippen LogP contribution >= 0.6 is 0 Å². The van der Waals surface area contributed by atoms with Gasteiger partial charge in [0.1, 0.15) is 6.10 Å². The maximum Gasteiger partial charge on any atom is 0.306 e. The Morgan fingerprint density at radius 2 is 0.833 bits per heavy atom. The molecule has 0 saturated heterocycles. The third-order valence-electron chi connectivity index (χ3n) is 10.6. The number of hydrogen-bond donors (Lipinski definition) is 1. The fraction of sp³-hybridized carbons (Fsp3) is 0.913. The SMILES string of the molecule is CCCCCCCCCCCOC(=O)CCCCCN(CCCCCCCC(=O)OC(CCCCCCCC)CCCCCCCC)C(=O)CCC(=O)O. The van der Waals surface area contributed by atoms with Gasteiger partial charge in [0.15, 0.2) is 0 Å². The molecule has 0 spiro atoms. The van der Waals surface area contributed by atoms with Gasteiger partial charge in [-0.05, 0) is 57.8 Å². The first-order chi connectivity index (χ1) is 26.3. The van der Waals surface area contributed by atoms with Crippen molar-refractivity contribution in [1.29, 1.82) is 0 Å². The second kappa shape index (κ2) is 40.5. The normalized spacial score (nSPS) is 11.3. The van der Waals surface area contributed by atoms with Crippen molar-refractivity contribution in [3.63, 3.8) is 0 Å². The number of rotatable bonds is 42. The van der Waals surface area contributed by atoms with Crippen LogP contribution in [0.25, 0.3) is 0 Å². The molecule has 0 unspecified atom stereocenters. The molecule has 0 aromatic carbocycles. The van der Waals surface area contributed by atoms with Crippen LogP contribution in [0, 0.1) is 0 Å². The fourth-order valence-electron chi connectivity index (χ4n) is 7.07. The molecule has 8 nitrogen and oxygen atoms in total. The van der Waals surface area contributed by atoms with Crippen LogP contribution in [-0.4, -0.2) is 59.6 Å². The van der Waals surface area contributed by atoms with E-state index >= 15 is 0 Å². The molecule has 0 fully saturated rings. The molecular weight excluding hydrogens is 679 g/mol. The van der Waals surface area contributed by atoms with Gasteiger partial charge in [-0.2, -0.15) is 0 Å². The second-order valence-corrected chi connectivity index (χ2v) is 15.9. The zero-order chi connectivity index (χ0) is 39.7. The van der Waals surface area contributed by atoms with Crippen LogP contribution in [0.5, 0.6) is 0 Å². The van der Waals surface area contributed by atoms with Crippen LogP contribution in [0.15, 0.2) is 0 Å². The van der Waals surface area contributed by atoms with Crippen LogP contribution < -0.4 is 0 Å². The summed E-state index contributed by atoms with van der Waals surface area (Å²) in [6.45, 7) is 8.42. The molecule has 0 heterocycles. The van der Waals surface area contributed by atoms with E-state index in [1.54, 1.807) is 4.90 Å². The highest BCUT2D eigenvalue weighted by molar-refractivity contribution is 5.80. The predicted octanol–water partition coefficient (Wildman–Crippen LogP) is 13.1. The van der Waals surface area contributed by atoms with E-state index < -0.39 is 5.97 Å². The fourth-order valence-corrected chi connectivity index (χ4v) is 7.07. The number of esters is 2. The molecule has 0 aromatic rings. The molecule has 0 aliphatic carbocycles. The van der Waals surface area contributed by atoms with Gasteiger partial charge < -0.3 is 19.5 Å². The highest BCUT2D eigenvalue weighted by Gasteiger charge is 2.16. The Morgan fingerprint density at radius 1 is 0.444 bits per heavy atom. The molecule has 0 rings (SSSR count). The number of carboxylic acids is 1. The van der Waals surface area contributed by atoms with Crippen molar-refractivity contribution >= 4 is 23.8 Å². The van der Waals surface area contributed by atoms with Gasteiger partial charge in [-0.3, -0.25) is 19.2 Å². The van der Waals surface area contributed by atoms with E-state index in [4.69, 9.17) is 14.6 Å². The van der Waals surface area contributed by atoms with Gasteiger partial charge in [-0.1, -0.05) is 162 Å². The van der Waals surface area contributed by atoms with Crippen LogP contribution in [-0.2, 0) is 28.7 Å². The van der Waals surface area contributed by atoms with E-state index in [0.29, 0.717) is 32.5 Å². The lowest BCUT2D eigenvalue weighted by Crippen LogP contribution is -2.33. The summed E-state index contributed by atoms with van der Waals surface area (Å²) in [5.41, 5.74) is 0. The van der Waals surface area contributed by atoms with Gasteiger partial charge in [-0.25, -0.2) is 0 Å². The van der Waals surface area contributed by atoms with E-state index in [2.05, 4.69) is 20.8 Å². The Morgan fingerprint density at radius 3 is 1.31 bits per heavy atom. The summed E-state index contributed by atoms with van der Waals surface area (Å²) in [7, 11) is 0. The van der Waals surface area contributed by atoms with Gasteiger partial charge in [-0.15, -0.1) is 0 Å². The van der Waals surface area contributed by atoms with Crippen molar-refractivity contribution in [1.82, 2.24) is 4.90 Å². The highest BCUT2D eigenvalue weighted by Crippen LogP contribution is 2.19. The summed E-state index contributed by atoms with van der Waals surface area (Å²) in [5.74, 6) is -1.27. The summed E-state index contributed by atoms with van der Waals surface area (Å²) in [6, 6.07) is 0. The predicted molar refractivity (Wildman–Crippen MR) is 224 cm³/mol. The zero-order valence-electron chi connectivity index (χ0n) is 35.8. The van der Waals surface area contributed by atoms with Gasteiger partial charge in [0.25, 0.3) is 0 Å². The van der Waals surface area contributed by atoms with Crippen molar-refractivity contribution in [2.45, 2.75) is 252 Å². The van der Waals surface area contributed by atoms with Gasteiger partial charge in [0.2, 0.25) is 5.91 Å². The standard InChI is InChI=1S/C46H87NO7/c1-4-7-10-13-16-17-18-24-32-41-53-45(51)35-29-25-31-40-47(43(48)37-38-44(49)50)39-30-23-19-22-28-36-46(52)54-42(33-26-20-14-11-8-5-2)34-27-21-15-12-9-6-3/h42H,4-41H2,1-3H3,(H,49,50). The molecule has 0 atom stereocenters. The number of carbonyl (C=O) groups is 4. The first kappa shape index (κ1) is 51.9. The van der Waals surface area contributed by atoms with E-state index in [1.165, 1.54) is 109 Å². The average molecular weight is 766 g/mol. The van der Waals surface area contributed by atoms with Crippen molar-refractivity contribution in [2.24, 2.45) is 0 Å². The van der Waals surface area contributed by atoms with E-state index in [0.717, 1.165) is 89.9 Å². The largest absolute Gasteiger partial charge is 0.481 e. The van der Waals surface area contributed by atoms with Crippen LogP contribution in [0.4, 0.5) is 0 Å². The monoisotopic (exact) mass is 766 g/mol. The molecule has 0 radical (unpaired) electrons. The molecule has 54 heavy (non-hydrogen) atoms. The summed E-state index contributed by atoms with van der Waals surface area (Å²) in [6.07, 6.45) is 35.8. The average Bonchev–Trinajstić information content (AvgIpc) is 3.15. The highest BCUT2D eigenvalue weighted by atomic mass is 16.5. The minimum absolute atomic E-state index is 0.0152. The minimum Gasteiger partial charge on any atom is -0.481 e. The molecule has 0 aliphatic rings. The second-order valence-electron chi connectivity index (χ2n) is 15.9. The summed E-state index contributed by atoms with van der Waals surface area (Å²) < 4.78 is 11.4. The summed E-state index contributed by atoms with van der Waals surface area (Å²) in [4.78, 5) is 50.6. The quantitative estimate of drug-likeness (QED) is 0.0486. The Labute approximate surface area is 333 Å². The van der Waals surface area contributed by atoms with Gasteiger partial charge >= 0.3 is 17.9 Å². The Balaban J connectivity index is 4.31. The molecule has 0 aromatic heterocycles. The minimum atomic E-state index is -0.959. The van der Waals surface area contributed by atoms with Crippen LogP contribution in [0.1, 0.15) is 245 Å². The topological polar surface area (TPSA) is 110 Å². The van der Waals surface area contributed by atoms with Gasteiger partial charge in [0, 0.05) is 32.4 Å². The van der Waals surface area contributed by atoms with Gasteiger partial charge in [0.05, 0.1) is 13.0 Å². The number of amides is 1. The zero-order valence-corrected chi connectivity index (χ0v) is 35.8. The van der Waals surface area contributed by atoms with E-state index in [-0.39, 0.29) is 36.8 Å². The van der Waals surface area contributed by atoms with Crippen LogP contribution in [0.2, 0.25) is 0 Å². The molecule has 1 N–H and O–H groups in total. The lowest BCUT2D eigenvalue weighted by Gasteiger charge is -2.22. The molecule has 0 aliphatic heterocycles. The maximum atomic E-state index is 12.8. The van der Waals surface area contributed by atoms with E-state index in [9.17, 15) is 19.2 Å². The lowest BCUT2D eigenvalue weighted by molar-refractivity contribution is -0.150. The number of hydrogen-bond acceptors (Lipinski definition) is 6. The summed E-state index contributed by atoms with van der Waals surface area (Å²) >= 11 is 0. The molecular formula is C46H87NO7. The maximum absolute atomic E-state index is 12.8. The molecule has 1 amide bonds. The Kier molecular flexibility index (Phi) is 38.9. The third-order valence-corrected chi connectivity index (χ3v) is 10.6. The smallest absolute Gasteiger partial charge is 0.306 e. The third kappa shape index (κ3) is 36.8. The van der Waals surface area contributed by atoms with Crippen LogP contribution in [0.3, 0.4) is 0 Å². The molecule has 318 valence electrons. The number of aliphatic carboxylic acids is 1. The number of nitrogens with zero attached hydrogens (tertiary/aromatic N) is 1. The Hall–Kier alpha value is -2.12.